The average molecular weight is 304 g/mol. The SMILES string of the molecule is Nc1cc(F)ccc1-c1nc(Cc2ccccc2Cl)no1. The van der Waals surface area contributed by atoms with Crippen molar-refractivity contribution >= 4 is 17.3 Å². The highest BCUT2D eigenvalue weighted by Gasteiger charge is 2.13. The van der Waals surface area contributed by atoms with Gasteiger partial charge in [0.05, 0.1) is 5.56 Å². The summed E-state index contributed by atoms with van der Waals surface area (Å²) < 4.78 is 18.2. The third kappa shape index (κ3) is 2.87. The quantitative estimate of drug-likeness (QED) is 0.749. The lowest BCUT2D eigenvalue weighted by atomic mass is 10.1. The molecule has 0 amide bonds. The fourth-order valence-corrected chi connectivity index (χ4v) is 2.18. The van der Waals surface area contributed by atoms with Crippen LogP contribution in [0.5, 0.6) is 0 Å². The van der Waals surface area contributed by atoms with E-state index in [0.29, 0.717) is 22.8 Å². The lowest BCUT2D eigenvalue weighted by molar-refractivity contribution is 0.424. The number of benzene rings is 2. The molecule has 6 heteroatoms. The van der Waals surface area contributed by atoms with Gasteiger partial charge in [-0.3, -0.25) is 0 Å². The summed E-state index contributed by atoms with van der Waals surface area (Å²) in [6.45, 7) is 0. The van der Waals surface area contributed by atoms with Gasteiger partial charge in [-0.15, -0.1) is 0 Å². The van der Waals surface area contributed by atoms with Gasteiger partial charge in [-0.05, 0) is 29.8 Å². The standard InChI is InChI=1S/C15H11ClFN3O/c16-12-4-2-1-3-9(12)7-14-19-15(21-20-14)11-6-5-10(17)8-13(11)18/h1-6,8H,7,18H2. The largest absolute Gasteiger partial charge is 0.398 e. The summed E-state index contributed by atoms with van der Waals surface area (Å²) in [5.74, 6) is 0.337. The number of hydrogen-bond donors (Lipinski definition) is 1. The van der Waals surface area contributed by atoms with Crippen LogP contribution in [0.15, 0.2) is 47.0 Å². The summed E-state index contributed by atoms with van der Waals surface area (Å²) >= 11 is 6.09. The van der Waals surface area contributed by atoms with Crippen LogP contribution in [0, 0.1) is 5.82 Å². The molecular weight excluding hydrogens is 293 g/mol. The first-order valence-corrected chi connectivity index (χ1v) is 6.62. The third-order valence-electron chi connectivity index (χ3n) is 3.02. The molecule has 0 bridgehead atoms. The van der Waals surface area contributed by atoms with E-state index < -0.39 is 5.82 Å². The molecule has 0 saturated heterocycles. The zero-order chi connectivity index (χ0) is 14.8. The van der Waals surface area contributed by atoms with Crippen molar-refractivity contribution in [2.75, 3.05) is 5.73 Å². The number of nitrogen functional groups attached to an aromatic ring is 1. The third-order valence-corrected chi connectivity index (χ3v) is 3.39. The molecule has 4 nitrogen and oxygen atoms in total. The molecule has 0 radical (unpaired) electrons. The molecular formula is C15H11ClFN3O. The van der Waals surface area contributed by atoms with Crippen LogP contribution < -0.4 is 5.73 Å². The second kappa shape index (κ2) is 5.54. The van der Waals surface area contributed by atoms with Gasteiger partial charge in [0, 0.05) is 17.1 Å². The van der Waals surface area contributed by atoms with Gasteiger partial charge in [0.15, 0.2) is 5.82 Å². The van der Waals surface area contributed by atoms with Crippen molar-refractivity contribution in [1.29, 1.82) is 0 Å². The first-order chi connectivity index (χ1) is 10.1. The van der Waals surface area contributed by atoms with Gasteiger partial charge in [0.1, 0.15) is 5.82 Å². The zero-order valence-corrected chi connectivity index (χ0v) is 11.6. The molecule has 0 unspecified atom stereocenters. The Bertz CT molecular complexity index is 788. The normalized spacial score (nSPS) is 10.8. The molecule has 3 aromatic rings. The number of hydrogen-bond acceptors (Lipinski definition) is 4. The van der Waals surface area contributed by atoms with Crippen LogP contribution in [0.3, 0.4) is 0 Å². The van der Waals surface area contributed by atoms with Gasteiger partial charge in [-0.1, -0.05) is 35.0 Å². The maximum absolute atomic E-state index is 13.0. The van der Waals surface area contributed by atoms with Gasteiger partial charge >= 0.3 is 0 Å². The topological polar surface area (TPSA) is 64.9 Å². The fourth-order valence-electron chi connectivity index (χ4n) is 1.98. The van der Waals surface area contributed by atoms with E-state index in [1.165, 1.54) is 18.2 Å². The molecule has 2 N–H and O–H groups in total. The second-order valence-electron chi connectivity index (χ2n) is 4.52. The van der Waals surface area contributed by atoms with E-state index in [2.05, 4.69) is 10.1 Å². The van der Waals surface area contributed by atoms with Crippen molar-refractivity contribution < 1.29 is 8.91 Å². The van der Waals surface area contributed by atoms with Gasteiger partial charge < -0.3 is 10.3 Å². The monoisotopic (exact) mass is 303 g/mol. The van der Waals surface area contributed by atoms with Gasteiger partial charge in [-0.2, -0.15) is 4.98 Å². The van der Waals surface area contributed by atoms with Crippen LogP contribution in [-0.2, 0) is 6.42 Å². The van der Waals surface area contributed by atoms with E-state index in [-0.39, 0.29) is 11.6 Å². The van der Waals surface area contributed by atoms with Crippen LogP contribution in [0.4, 0.5) is 10.1 Å². The molecule has 3 rings (SSSR count). The molecule has 1 aromatic heterocycles. The Balaban J connectivity index is 1.88. The Morgan fingerprint density at radius 3 is 2.76 bits per heavy atom. The highest BCUT2D eigenvalue weighted by Crippen LogP contribution is 2.26. The number of rotatable bonds is 3. The summed E-state index contributed by atoms with van der Waals surface area (Å²) in [6.07, 6.45) is 0.449. The predicted octanol–water partition coefficient (Wildman–Crippen LogP) is 3.70. The van der Waals surface area contributed by atoms with Crippen molar-refractivity contribution in [1.82, 2.24) is 10.1 Å². The van der Waals surface area contributed by atoms with Gasteiger partial charge in [0.2, 0.25) is 0 Å². The highest BCUT2D eigenvalue weighted by molar-refractivity contribution is 6.31. The molecule has 0 spiro atoms. The number of nitrogens with two attached hydrogens (primary N) is 1. The van der Waals surface area contributed by atoms with Crippen LogP contribution in [0.25, 0.3) is 11.5 Å². The van der Waals surface area contributed by atoms with E-state index in [4.69, 9.17) is 21.9 Å². The van der Waals surface area contributed by atoms with E-state index in [9.17, 15) is 4.39 Å². The fraction of sp³-hybridized carbons (Fsp3) is 0.0667. The zero-order valence-electron chi connectivity index (χ0n) is 10.9. The Morgan fingerprint density at radius 1 is 1.19 bits per heavy atom. The summed E-state index contributed by atoms with van der Waals surface area (Å²) in [5, 5.41) is 4.54. The summed E-state index contributed by atoms with van der Waals surface area (Å²) in [5.41, 5.74) is 7.41. The van der Waals surface area contributed by atoms with Crippen molar-refractivity contribution in [2.24, 2.45) is 0 Å². The molecule has 106 valence electrons. The van der Waals surface area contributed by atoms with Crippen LogP contribution in [0.1, 0.15) is 11.4 Å². The number of halogens is 2. The van der Waals surface area contributed by atoms with Crippen LogP contribution in [-0.4, -0.2) is 10.1 Å². The Labute approximate surface area is 125 Å². The first-order valence-electron chi connectivity index (χ1n) is 6.25. The lowest BCUT2D eigenvalue weighted by Gasteiger charge is -2.00. The minimum Gasteiger partial charge on any atom is -0.398 e. The van der Waals surface area contributed by atoms with Gasteiger partial charge in [-0.25, -0.2) is 4.39 Å². The van der Waals surface area contributed by atoms with E-state index in [1.54, 1.807) is 6.07 Å². The summed E-state index contributed by atoms with van der Waals surface area (Å²) in [4.78, 5) is 4.27. The Hall–Kier alpha value is -2.40. The van der Waals surface area contributed by atoms with Crippen LogP contribution >= 0.6 is 11.6 Å². The van der Waals surface area contributed by atoms with Gasteiger partial charge in [0.25, 0.3) is 5.89 Å². The van der Waals surface area contributed by atoms with E-state index in [0.717, 1.165) is 5.56 Å². The van der Waals surface area contributed by atoms with Crippen molar-refractivity contribution in [3.63, 3.8) is 0 Å². The number of aromatic nitrogens is 2. The van der Waals surface area contributed by atoms with E-state index >= 15 is 0 Å². The van der Waals surface area contributed by atoms with Crippen molar-refractivity contribution in [3.05, 3.63) is 64.7 Å². The summed E-state index contributed by atoms with van der Waals surface area (Å²) in [6, 6.07) is 11.5. The van der Waals surface area contributed by atoms with E-state index in [1.807, 2.05) is 18.2 Å². The van der Waals surface area contributed by atoms with Crippen LogP contribution in [0.2, 0.25) is 5.02 Å². The molecule has 21 heavy (non-hydrogen) atoms. The average Bonchev–Trinajstić information content (AvgIpc) is 2.90. The highest BCUT2D eigenvalue weighted by atomic mass is 35.5. The first kappa shape index (κ1) is 13.6. The smallest absolute Gasteiger partial charge is 0.260 e. The minimum atomic E-state index is -0.410. The lowest BCUT2D eigenvalue weighted by Crippen LogP contribution is -1.93. The maximum Gasteiger partial charge on any atom is 0.260 e. The number of nitrogens with zero attached hydrogens (tertiary/aromatic N) is 2. The molecule has 2 aromatic carbocycles. The molecule has 0 aliphatic heterocycles. The Kier molecular flexibility index (Phi) is 3.58. The molecule has 0 fully saturated rings. The maximum atomic E-state index is 13.0. The molecule has 0 aliphatic rings. The summed E-state index contributed by atoms with van der Waals surface area (Å²) in [7, 11) is 0. The molecule has 0 aliphatic carbocycles. The predicted molar refractivity (Wildman–Crippen MR) is 78.4 cm³/mol. The Morgan fingerprint density at radius 2 is 2.00 bits per heavy atom. The van der Waals surface area contributed by atoms with Crippen molar-refractivity contribution in [2.45, 2.75) is 6.42 Å². The molecule has 0 atom stereocenters. The molecule has 0 saturated carbocycles. The number of anilines is 1. The van der Waals surface area contributed by atoms with Crippen molar-refractivity contribution in [3.8, 4) is 11.5 Å². The molecule has 1 heterocycles. The minimum absolute atomic E-state index is 0.253. The second-order valence-corrected chi connectivity index (χ2v) is 4.92.